The number of carbonyl (C=O) groups excluding carboxylic acids is 2. The molecule has 1 aromatic rings. The molecular formula is C20H26N3O9-. The maximum Gasteiger partial charge on any atom is 0.252 e. The van der Waals surface area contributed by atoms with Crippen molar-refractivity contribution >= 4 is 23.2 Å². The minimum Gasteiger partial charge on any atom is -0.733 e. The van der Waals surface area contributed by atoms with Crippen LogP contribution in [0.1, 0.15) is 27.7 Å². The van der Waals surface area contributed by atoms with E-state index >= 15 is 0 Å². The number of nitrogens with one attached hydrogen (secondary N) is 2. The van der Waals surface area contributed by atoms with Gasteiger partial charge < -0.3 is 44.8 Å². The van der Waals surface area contributed by atoms with Crippen molar-refractivity contribution in [2.75, 3.05) is 17.1 Å². The Bertz CT molecular complexity index is 891. The van der Waals surface area contributed by atoms with E-state index in [4.69, 9.17) is 28.9 Å². The number of hydrogen-bond donors (Lipinski definition) is 3. The molecule has 3 aliphatic heterocycles. The number of anilines is 2. The fourth-order valence-corrected chi connectivity index (χ4v) is 4.00. The highest BCUT2D eigenvalue weighted by atomic mass is 16.9. The molecule has 32 heavy (non-hydrogen) atoms. The van der Waals surface area contributed by atoms with Crippen LogP contribution in [0.15, 0.2) is 24.3 Å². The number of nitrogens with zero attached hydrogens (tertiary/aromatic N) is 1. The van der Waals surface area contributed by atoms with Gasteiger partial charge >= 0.3 is 0 Å². The Kier molecular flexibility index (Phi) is 5.88. The van der Waals surface area contributed by atoms with Gasteiger partial charge in [-0.3, -0.25) is 14.8 Å². The lowest BCUT2D eigenvalue weighted by Gasteiger charge is -2.36. The fourth-order valence-electron chi connectivity index (χ4n) is 4.00. The number of ether oxygens (including phenoxy) is 5. The van der Waals surface area contributed by atoms with Crippen molar-refractivity contribution in [2.45, 2.75) is 70.0 Å². The Hall–Kier alpha value is -2.32. The molecule has 3 heterocycles. The Morgan fingerprint density at radius 3 is 2.44 bits per heavy atom. The molecule has 0 unspecified atom stereocenters. The quantitative estimate of drug-likeness (QED) is 0.548. The fraction of sp³-hybridized carbons (Fsp3) is 0.600. The number of fused-ring (bicyclic) bond motifs is 3. The summed E-state index contributed by atoms with van der Waals surface area (Å²) >= 11 is 0. The normalized spacial score (nSPS) is 32.0. The first-order valence-corrected chi connectivity index (χ1v) is 10.1. The van der Waals surface area contributed by atoms with Crippen molar-refractivity contribution in [3.8, 4) is 0 Å². The number of hydrogen-bond acceptors (Lipinski definition) is 10. The molecule has 1 aromatic carbocycles. The number of benzene rings is 1. The summed E-state index contributed by atoms with van der Waals surface area (Å²) in [5, 5.41) is 24.7. The van der Waals surface area contributed by atoms with Gasteiger partial charge in [-0.25, -0.2) is 0 Å². The van der Waals surface area contributed by atoms with Gasteiger partial charge in [-0.15, -0.1) is 0 Å². The van der Waals surface area contributed by atoms with E-state index in [0.717, 1.165) is 0 Å². The first kappa shape index (κ1) is 22.9. The molecule has 0 aliphatic carbocycles. The second-order valence-corrected chi connectivity index (χ2v) is 8.68. The summed E-state index contributed by atoms with van der Waals surface area (Å²) in [7, 11) is 0. The topological polar surface area (TPSA) is 151 Å². The molecule has 3 saturated heterocycles. The molecule has 12 nitrogen and oxygen atoms in total. The van der Waals surface area contributed by atoms with E-state index < -0.39 is 54.1 Å². The van der Waals surface area contributed by atoms with Gasteiger partial charge in [0, 0.05) is 5.69 Å². The summed E-state index contributed by atoms with van der Waals surface area (Å²) in [4.78, 5) is 25.1. The van der Waals surface area contributed by atoms with Crippen molar-refractivity contribution in [2.24, 2.45) is 0 Å². The molecule has 3 N–H and O–H groups in total. The van der Waals surface area contributed by atoms with Gasteiger partial charge in [0.25, 0.3) is 5.91 Å². The van der Waals surface area contributed by atoms with E-state index in [1.54, 1.807) is 27.7 Å². The lowest BCUT2D eigenvalue weighted by molar-refractivity contribution is -0.231. The van der Waals surface area contributed by atoms with Crippen molar-refractivity contribution in [1.82, 2.24) is 5.32 Å². The minimum atomic E-state index is -1.08. The van der Waals surface area contributed by atoms with Crippen LogP contribution in [0.5, 0.6) is 0 Å². The lowest BCUT2D eigenvalue weighted by atomic mass is 9.98. The number of amides is 2. The molecular weight excluding hydrogens is 426 g/mol. The van der Waals surface area contributed by atoms with Gasteiger partial charge in [-0.05, 0) is 45.9 Å². The molecule has 0 aromatic heterocycles. The van der Waals surface area contributed by atoms with Crippen molar-refractivity contribution in [3.63, 3.8) is 0 Å². The second-order valence-electron chi connectivity index (χ2n) is 8.68. The molecule has 3 aliphatic rings. The van der Waals surface area contributed by atoms with E-state index in [9.17, 15) is 14.8 Å². The van der Waals surface area contributed by atoms with Crippen molar-refractivity contribution in [3.05, 3.63) is 29.5 Å². The largest absolute Gasteiger partial charge is 0.733 e. The first-order valence-electron chi connectivity index (χ1n) is 10.1. The zero-order valence-electron chi connectivity index (χ0n) is 18.1. The summed E-state index contributed by atoms with van der Waals surface area (Å²) < 4.78 is 29.3. The third-order valence-corrected chi connectivity index (χ3v) is 5.19. The number of carbonyl (C=O) groups is 2. The van der Waals surface area contributed by atoms with Crippen LogP contribution in [-0.2, 0) is 33.3 Å². The molecule has 0 spiro atoms. The third kappa shape index (κ3) is 4.71. The van der Waals surface area contributed by atoms with Gasteiger partial charge in [0.1, 0.15) is 18.3 Å². The Morgan fingerprint density at radius 2 is 1.72 bits per heavy atom. The summed E-state index contributed by atoms with van der Waals surface area (Å²) in [6.07, 6.45) is -3.82. The predicted molar refractivity (Wildman–Crippen MR) is 108 cm³/mol. The van der Waals surface area contributed by atoms with E-state index in [0.29, 0.717) is 0 Å². The SMILES string of the molecule is CC1(C)O[C@@H]2[C@@H](O1)[C@@H](C(=O)NCC(=O)Nc1cccc(N([O-])O)c1)O[C@H]1OC(C)(C)O[C@@H]12. The van der Waals surface area contributed by atoms with Crippen LogP contribution in [0.2, 0.25) is 0 Å². The van der Waals surface area contributed by atoms with E-state index in [1.165, 1.54) is 24.3 Å². The second kappa shape index (κ2) is 8.23. The molecule has 2 amide bonds. The Morgan fingerprint density at radius 1 is 1.06 bits per heavy atom. The van der Waals surface area contributed by atoms with Crippen LogP contribution >= 0.6 is 0 Å². The van der Waals surface area contributed by atoms with E-state index in [2.05, 4.69) is 10.6 Å². The van der Waals surface area contributed by atoms with E-state index in [-0.39, 0.29) is 23.1 Å². The van der Waals surface area contributed by atoms with Gasteiger partial charge in [0.05, 0.1) is 12.2 Å². The molecule has 0 bridgehead atoms. The van der Waals surface area contributed by atoms with Crippen LogP contribution in [-0.4, -0.2) is 65.8 Å². The maximum atomic E-state index is 12.9. The highest BCUT2D eigenvalue weighted by Crippen LogP contribution is 2.44. The Balaban J connectivity index is 1.39. The van der Waals surface area contributed by atoms with Gasteiger partial charge in [-0.2, -0.15) is 0 Å². The zero-order valence-corrected chi connectivity index (χ0v) is 18.1. The van der Waals surface area contributed by atoms with Crippen LogP contribution in [0.4, 0.5) is 11.4 Å². The average molecular weight is 452 g/mol. The smallest absolute Gasteiger partial charge is 0.252 e. The van der Waals surface area contributed by atoms with Crippen LogP contribution in [0.3, 0.4) is 0 Å². The van der Waals surface area contributed by atoms with Gasteiger partial charge in [0.15, 0.2) is 24.0 Å². The summed E-state index contributed by atoms with van der Waals surface area (Å²) in [5.74, 6) is -2.98. The Labute approximate surface area is 184 Å². The summed E-state index contributed by atoms with van der Waals surface area (Å²) in [6.45, 7) is 6.58. The molecule has 5 atom stereocenters. The molecule has 0 radical (unpaired) electrons. The highest BCUT2D eigenvalue weighted by Gasteiger charge is 2.62. The molecule has 12 heteroatoms. The molecule has 176 valence electrons. The van der Waals surface area contributed by atoms with Crippen LogP contribution in [0.25, 0.3) is 0 Å². The standard InChI is InChI=1S/C20H26N3O9/c1-19(2)29-13-14(30-19)16-18(32-20(3,4)31-16)28-15(13)17(25)21-9-12(24)22-10-6-5-7-11(8-10)23(26)27/h5-8,13-16,18,26H,9H2,1-4H3,(H,21,25)(H,22,24)/q-1/t13-,14-,15+,16-,18+/m1/s1. The maximum absolute atomic E-state index is 12.9. The highest BCUT2D eigenvalue weighted by molar-refractivity contribution is 5.95. The lowest BCUT2D eigenvalue weighted by Crippen LogP contribution is -2.59. The summed E-state index contributed by atoms with van der Waals surface area (Å²) in [5.41, 5.74) is 0.229. The summed E-state index contributed by atoms with van der Waals surface area (Å²) in [6, 6.07) is 5.68. The number of rotatable bonds is 5. The van der Waals surface area contributed by atoms with Crippen molar-refractivity contribution < 1.29 is 38.5 Å². The predicted octanol–water partition coefficient (Wildman–Crippen LogP) is 0.831. The monoisotopic (exact) mass is 452 g/mol. The van der Waals surface area contributed by atoms with Gasteiger partial charge in [0.2, 0.25) is 5.91 Å². The molecule has 3 fully saturated rings. The first-order chi connectivity index (χ1) is 14.9. The molecule has 0 saturated carbocycles. The molecule has 4 rings (SSSR count). The minimum absolute atomic E-state index is 0.0502. The van der Waals surface area contributed by atoms with Crippen molar-refractivity contribution in [1.29, 1.82) is 0 Å². The zero-order chi connectivity index (χ0) is 23.3. The van der Waals surface area contributed by atoms with Crippen LogP contribution < -0.4 is 15.9 Å². The average Bonchev–Trinajstić information content (AvgIpc) is 3.19. The van der Waals surface area contributed by atoms with E-state index in [1.807, 2.05) is 0 Å². The van der Waals surface area contributed by atoms with Gasteiger partial charge in [-0.1, -0.05) is 6.07 Å². The van der Waals surface area contributed by atoms with Crippen LogP contribution in [0, 0.1) is 5.21 Å². The third-order valence-electron chi connectivity index (χ3n) is 5.19.